The molecule has 1 aromatic rings. The van der Waals surface area contributed by atoms with Crippen LogP contribution in [0, 0.1) is 23.4 Å². The summed E-state index contributed by atoms with van der Waals surface area (Å²) in [6.45, 7) is 2.36. The predicted molar refractivity (Wildman–Crippen MR) is 73.4 cm³/mol. The van der Waals surface area contributed by atoms with Gasteiger partial charge in [0.25, 0.3) is 0 Å². The number of benzene rings is 1. The van der Waals surface area contributed by atoms with Crippen LogP contribution in [0.1, 0.15) is 26.2 Å². The number of anilines is 1. The predicted octanol–water partition coefficient (Wildman–Crippen LogP) is 3.02. The highest BCUT2D eigenvalue weighted by atomic mass is 19.2. The Balaban J connectivity index is 2.53. The molecule has 0 aromatic heterocycles. The molecular formula is C14H19F3N2O2. The van der Waals surface area contributed by atoms with Crippen molar-refractivity contribution in [1.29, 1.82) is 0 Å². The van der Waals surface area contributed by atoms with E-state index < -0.39 is 23.5 Å². The number of aliphatic hydroxyl groups is 1. The van der Waals surface area contributed by atoms with E-state index in [-0.39, 0.29) is 18.2 Å². The van der Waals surface area contributed by atoms with Gasteiger partial charge in [0.1, 0.15) is 0 Å². The van der Waals surface area contributed by atoms with Gasteiger partial charge in [0.15, 0.2) is 17.5 Å². The normalized spacial score (nSPS) is 12.0. The number of hydrogen-bond donors (Lipinski definition) is 3. The molecule has 0 radical (unpaired) electrons. The Kier molecular flexibility index (Phi) is 7.01. The van der Waals surface area contributed by atoms with E-state index in [9.17, 15) is 18.0 Å². The molecule has 1 aromatic carbocycles. The van der Waals surface area contributed by atoms with Crippen LogP contribution in [-0.2, 0) is 0 Å². The lowest BCUT2D eigenvalue weighted by atomic mass is 10.0. The molecule has 21 heavy (non-hydrogen) atoms. The molecule has 118 valence electrons. The van der Waals surface area contributed by atoms with Crippen LogP contribution >= 0.6 is 0 Å². The lowest BCUT2D eigenvalue weighted by molar-refractivity contribution is 0.236. The summed E-state index contributed by atoms with van der Waals surface area (Å²) in [5.74, 6) is -4.18. The first kappa shape index (κ1) is 17.3. The second-order valence-electron chi connectivity index (χ2n) is 4.76. The molecule has 3 N–H and O–H groups in total. The van der Waals surface area contributed by atoms with Crippen molar-refractivity contribution in [2.24, 2.45) is 5.92 Å². The molecule has 1 rings (SSSR count). The molecule has 0 aliphatic carbocycles. The van der Waals surface area contributed by atoms with E-state index in [2.05, 4.69) is 10.6 Å². The van der Waals surface area contributed by atoms with Crippen LogP contribution in [0.5, 0.6) is 0 Å². The standard InChI is InChI=1S/C14H19F3N2O2/c1-2-3-9(4-5-20)8-18-14(21)19-10-6-11(15)13(17)12(16)7-10/h6-7,9,20H,2-5,8H2,1H3,(H2,18,19,21). The average molecular weight is 304 g/mol. The number of halogens is 3. The first-order chi connectivity index (χ1) is 9.97. The quantitative estimate of drug-likeness (QED) is 0.678. The number of amides is 2. The van der Waals surface area contributed by atoms with Crippen molar-refractivity contribution in [2.75, 3.05) is 18.5 Å². The van der Waals surface area contributed by atoms with Gasteiger partial charge in [-0.15, -0.1) is 0 Å². The summed E-state index contributed by atoms with van der Waals surface area (Å²) in [6, 6.07) is 0.768. The molecule has 0 spiro atoms. The molecule has 0 heterocycles. The van der Waals surface area contributed by atoms with Crippen LogP contribution in [0.4, 0.5) is 23.7 Å². The zero-order valence-corrected chi connectivity index (χ0v) is 11.8. The number of rotatable bonds is 7. The number of carbonyl (C=O) groups excluding carboxylic acids is 1. The Morgan fingerprint density at radius 1 is 1.24 bits per heavy atom. The smallest absolute Gasteiger partial charge is 0.319 e. The van der Waals surface area contributed by atoms with Gasteiger partial charge in [-0.3, -0.25) is 0 Å². The molecule has 0 aliphatic heterocycles. The zero-order chi connectivity index (χ0) is 15.8. The molecule has 0 bridgehead atoms. The van der Waals surface area contributed by atoms with Gasteiger partial charge < -0.3 is 15.7 Å². The maximum Gasteiger partial charge on any atom is 0.319 e. The summed E-state index contributed by atoms with van der Waals surface area (Å²) in [5, 5.41) is 13.7. The maximum absolute atomic E-state index is 13.0. The van der Waals surface area contributed by atoms with E-state index in [0.717, 1.165) is 12.8 Å². The largest absolute Gasteiger partial charge is 0.396 e. The van der Waals surface area contributed by atoms with Crippen LogP contribution in [0.3, 0.4) is 0 Å². The number of aliphatic hydroxyl groups excluding tert-OH is 1. The van der Waals surface area contributed by atoms with Crippen LogP contribution < -0.4 is 10.6 Å². The Morgan fingerprint density at radius 2 is 1.86 bits per heavy atom. The summed E-state index contributed by atoms with van der Waals surface area (Å²) in [7, 11) is 0. The third-order valence-electron chi connectivity index (χ3n) is 3.03. The monoisotopic (exact) mass is 304 g/mol. The number of hydrogen-bond acceptors (Lipinski definition) is 2. The Labute approximate surface area is 121 Å². The van der Waals surface area contributed by atoms with Gasteiger partial charge in [-0.1, -0.05) is 13.3 Å². The van der Waals surface area contributed by atoms with Crippen molar-refractivity contribution < 1.29 is 23.1 Å². The maximum atomic E-state index is 13.0. The Hall–Kier alpha value is -1.76. The van der Waals surface area contributed by atoms with Gasteiger partial charge in [0.05, 0.1) is 0 Å². The lowest BCUT2D eigenvalue weighted by Gasteiger charge is -2.16. The van der Waals surface area contributed by atoms with Crippen LogP contribution in [0.25, 0.3) is 0 Å². The van der Waals surface area contributed by atoms with Crippen molar-refractivity contribution in [3.63, 3.8) is 0 Å². The van der Waals surface area contributed by atoms with Gasteiger partial charge in [0, 0.05) is 31.0 Å². The summed E-state index contributed by atoms with van der Waals surface area (Å²) in [6.07, 6.45) is 2.33. The van der Waals surface area contributed by atoms with Crippen LogP contribution in [-0.4, -0.2) is 24.3 Å². The molecule has 0 fully saturated rings. The molecular weight excluding hydrogens is 285 g/mol. The fraction of sp³-hybridized carbons (Fsp3) is 0.500. The van der Waals surface area contributed by atoms with Crippen LogP contribution in [0.2, 0.25) is 0 Å². The molecule has 1 unspecified atom stereocenters. The molecule has 4 nitrogen and oxygen atoms in total. The first-order valence-electron chi connectivity index (χ1n) is 6.78. The van der Waals surface area contributed by atoms with Crippen molar-refractivity contribution in [2.45, 2.75) is 26.2 Å². The van der Waals surface area contributed by atoms with Gasteiger partial charge in [-0.2, -0.15) is 0 Å². The molecule has 2 amide bonds. The summed E-state index contributed by atoms with van der Waals surface area (Å²) >= 11 is 0. The summed E-state index contributed by atoms with van der Waals surface area (Å²) in [4.78, 5) is 11.6. The minimum Gasteiger partial charge on any atom is -0.396 e. The van der Waals surface area contributed by atoms with E-state index in [1.165, 1.54) is 0 Å². The van der Waals surface area contributed by atoms with Crippen molar-refractivity contribution in [1.82, 2.24) is 5.32 Å². The lowest BCUT2D eigenvalue weighted by Crippen LogP contribution is -2.33. The molecule has 1 atom stereocenters. The highest BCUT2D eigenvalue weighted by Gasteiger charge is 2.13. The van der Waals surface area contributed by atoms with E-state index in [1.807, 2.05) is 6.92 Å². The van der Waals surface area contributed by atoms with E-state index in [0.29, 0.717) is 25.1 Å². The van der Waals surface area contributed by atoms with E-state index in [1.54, 1.807) is 0 Å². The highest BCUT2D eigenvalue weighted by molar-refractivity contribution is 5.89. The van der Waals surface area contributed by atoms with E-state index >= 15 is 0 Å². The zero-order valence-electron chi connectivity index (χ0n) is 11.8. The third kappa shape index (κ3) is 5.63. The summed E-state index contributed by atoms with van der Waals surface area (Å²) < 4.78 is 38.8. The van der Waals surface area contributed by atoms with E-state index in [4.69, 9.17) is 5.11 Å². The van der Waals surface area contributed by atoms with Crippen LogP contribution in [0.15, 0.2) is 12.1 Å². The third-order valence-corrected chi connectivity index (χ3v) is 3.03. The Bertz CT molecular complexity index is 454. The van der Waals surface area contributed by atoms with Gasteiger partial charge in [-0.25, -0.2) is 18.0 Å². The fourth-order valence-corrected chi connectivity index (χ4v) is 1.98. The molecule has 7 heteroatoms. The number of carbonyl (C=O) groups is 1. The van der Waals surface area contributed by atoms with Crippen molar-refractivity contribution >= 4 is 11.7 Å². The Morgan fingerprint density at radius 3 is 2.38 bits per heavy atom. The average Bonchev–Trinajstić information content (AvgIpc) is 2.42. The summed E-state index contributed by atoms with van der Waals surface area (Å²) in [5.41, 5.74) is -0.168. The highest BCUT2D eigenvalue weighted by Crippen LogP contribution is 2.17. The minimum atomic E-state index is -1.58. The first-order valence-corrected chi connectivity index (χ1v) is 6.78. The van der Waals surface area contributed by atoms with Crippen molar-refractivity contribution in [3.05, 3.63) is 29.6 Å². The number of nitrogens with one attached hydrogen (secondary N) is 2. The SMILES string of the molecule is CCCC(CCO)CNC(=O)Nc1cc(F)c(F)c(F)c1. The van der Waals surface area contributed by atoms with Gasteiger partial charge >= 0.3 is 6.03 Å². The minimum absolute atomic E-state index is 0.0301. The van der Waals surface area contributed by atoms with Gasteiger partial charge in [0.2, 0.25) is 0 Å². The second-order valence-corrected chi connectivity index (χ2v) is 4.76. The second kappa shape index (κ2) is 8.51. The fourth-order valence-electron chi connectivity index (χ4n) is 1.98. The molecule has 0 aliphatic rings. The molecule has 0 saturated carbocycles. The number of urea groups is 1. The molecule has 0 saturated heterocycles. The topological polar surface area (TPSA) is 61.4 Å². The van der Waals surface area contributed by atoms with Crippen molar-refractivity contribution in [3.8, 4) is 0 Å². The van der Waals surface area contributed by atoms with Gasteiger partial charge in [-0.05, 0) is 18.8 Å².